The third-order valence-corrected chi connectivity index (χ3v) is 7.12. The van der Waals surface area contributed by atoms with E-state index in [4.69, 9.17) is 0 Å². The average molecular weight is 501 g/mol. The molecule has 0 radical (unpaired) electrons. The average Bonchev–Trinajstić information content (AvgIpc) is 3.35. The lowest BCUT2D eigenvalue weighted by molar-refractivity contribution is 0.190. The fourth-order valence-electron chi connectivity index (χ4n) is 3.97. The van der Waals surface area contributed by atoms with Crippen LogP contribution in [0.3, 0.4) is 0 Å². The lowest BCUT2D eigenvalue weighted by Crippen LogP contribution is -2.20. The fourth-order valence-corrected chi connectivity index (χ4v) is 3.97. The number of hydrogen-bond acceptors (Lipinski definition) is 0. The molecule has 0 bridgehead atoms. The second-order valence-electron chi connectivity index (χ2n) is 12.8. The number of rotatable bonds is 0. The smallest absolute Gasteiger partial charge is 0.0354 e. The molecule has 4 aliphatic rings. The maximum atomic E-state index is 2.38. The highest BCUT2D eigenvalue weighted by Crippen LogP contribution is 2.43. The fraction of sp³-hybridized carbons (Fsp3) is 1.00. The first kappa shape index (κ1) is 45.0. The van der Waals surface area contributed by atoms with Crippen molar-refractivity contribution in [1.29, 1.82) is 0 Å². The summed E-state index contributed by atoms with van der Waals surface area (Å²) in [6, 6.07) is 0. The molecule has 0 saturated heterocycles. The Kier molecular flexibility index (Phi) is 32.9. The minimum Gasteiger partial charge on any atom is -0.0776 e. The first-order valence-corrected chi connectivity index (χ1v) is 15.8. The summed E-state index contributed by atoms with van der Waals surface area (Å²) in [5.74, 6) is 0. The largest absolute Gasteiger partial charge is 0.0776 e. The standard InChI is InChI=1S/C8H16.C7H14.C6H12.C5H10.4C2H6.CH4/c1-8(2)6-4-3-5-7-8;1-7(2)5-3-4-6-7;1-6(2)4-3-5-6;1-5(2)3-4-5;4*1-2;/h3-7H2,1-2H3;3-6H2,1-2H3;3-5H2,1-2H3;3-4H2,1-2H3;4*1-2H3;1H4. The van der Waals surface area contributed by atoms with Crippen molar-refractivity contribution in [1.82, 2.24) is 0 Å². The van der Waals surface area contributed by atoms with Gasteiger partial charge in [-0.3, -0.25) is 0 Å². The molecule has 0 unspecified atom stereocenters. The molecule has 0 aromatic heterocycles. The summed E-state index contributed by atoms with van der Waals surface area (Å²) in [6.07, 6.45) is 20.4. The zero-order valence-electron chi connectivity index (χ0n) is 27.9. The van der Waals surface area contributed by atoms with E-state index in [2.05, 4.69) is 55.4 Å². The minimum atomic E-state index is 0. The summed E-state index contributed by atoms with van der Waals surface area (Å²) in [7, 11) is 0. The molecule has 0 aromatic carbocycles. The van der Waals surface area contributed by atoms with E-state index < -0.39 is 0 Å². The van der Waals surface area contributed by atoms with E-state index in [9.17, 15) is 0 Å². The third-order valence-electron chi connectivity index (χ3n) is 7.12. The lowest BCUT2D eigenvalue weighted by atomic mass is 9.72. The highest BCUT2D eigenvalue weighted by Gasteiger charge is 2.30. The Balaban J connectivity index is -0.000000104. The quantitative estimate of drug-likeness (QED) is 0.310. The van der Waals surface area contributed by atoms with E-state index in [-0.39, 0.29) is 7.43 Å². The molecule has 220 valence electrons. The molecule has 4 rings (SSSR count). The molecule has 0 aliphatic heterocycles. The second kappa shape index (κ2) is 25.6. The summed E-state index contributed by atoms with van der Waals surface area (Å²) in [4.78, 5) is 0. The third kappa shape index (κ3) is 34.0. The van der Waals surface area contributed by atoms with Gasteiger partial charge in [0.1, 0.15) is 0 Å². The van der Waals surface area contributed by atoms with Gasteiger partial charge in [-0.2, -0.15) is 0 Å². The maximum Gasteiger partial charge on any atom is -0.0354 e. The first-order valence-electron chi connectivity index (χ1n) is 15.8. The van der Waals surface area contributed by atoms with E-state index in [1.807, 2.05) is 55.4 Å². The molecule has 0 amide bonds. The summed E-state index contributed by atoms with van der Waals surface area (Å²) < 4.78 is 0. The normalized spacial score (nSPS) is 21.9. The summed E-state index contributed by atoms with van der Waals surface area (Å²) >= 11 is 0. The number of hydrogen-bond donors (Lipinski definition) is 0. The predicted molar refractivity (Wildman–Crippen MR) is 172 cm³/mol. The molecular weight excluding hydrogens is 420 g/mol. The van der Waals surface area contributed by atoms with Crippen molar-refractivity contribution in [3.8, 4) is 0 Å². The van der Waals surface area contributed by atoms with Gasteiger partial charge in [0, 0.05) is 0 Å². The van der Waals surface area contributed by atoms with Gasteiger partial charge in [0.25, 0.3) is 0 Å². The van der Waals surface area contributed by atoms with Gasteiger partial charge < -0.3 is 0 Å². The van der Waals surface area contributed by atoms with Crippen LogP contribution < -0.4 is 0 Å². The van der Waals surface area contributed by atoms with Gasteiger partial charge in [-0.1, -0.05) is 157 Å². The van der Waals surface area contributed by atoms with Crippen LogP contribution in [0.5, 0.6) is 0 Å². The van der Waals surface area contributed by atoms with Crippen molar-refractivity contribution < 1.29 is 0 Å². The molecular formula is C35H80. The zero-order valence-corrected chi connectivity index (χ0v) is 27.9. The summed E-state index contributed by atoms with van der Waals surface area (Å²) in [5.41, 5.74) is 2.85. The van der Waals surface area contributed by atoms with Gasteiger partial charge in [-0.25, -0.2) is 0 Å². The van der Waals surface area contributed by atoms with E-state index in [1.165, 1.54) is 89.9 Å². The van der Waals surface area contributed by atoms with Crippen LogP contribution in [-0.4, -0.2) is 0 Å². The highest BCUT2D eigenvalue weighted by atomic mass is 14.4. The van der Waals surface area contributed by atoms with Crippen LogP contribution in [0.1, 0.15) is 208 Å². The molecule has 0 atom stereocenters. The van der Waals surface area contributed by atoms with E-state index >= 15 is 0 Å². The van der Waals surface area contributed by atoms with Crippen molar-refractivity contribution >= 4 is 0 Å². The van der Waals surface area contributed by atoms with Gasteiger partial charge in [0.05, 0.1) is 0 Å². The van der Waals surface area contributed by atoms with Crippen molar-refractivity contribution in [2.45, 2.75) is 208 Å². The van der Waals surface area contributed by atoms with Crippen LogP contribution in [0.25, 0.3) is 0 Å². The Morgan fingerprint density at radius 1 is 0.257 bits per heavy atom. The van der Waals surface area contributed by atoms with E-state index in [0.29, 0.717) is 10.8 Å². The molecule has 4 aliphatic carbocycles. The van der Waals surface area contributed by atoms with E-state index in [0.717, 1.165) is 10.8 Å². The zero-order chi connectivity index (χ0) is 27.9. The van der Waals surface area contributed by atoms with Crippen LogP contribution in [0.2, 0.25) is 0 Å². The van der Waals surface area contributed by atoms with Crippen LogP contribution >= 0.6 is 0 Å². The Hall–Kier alpha value is 0. The summed E-state index contributed by atoms with van der Waals surface area (Å²) in [6.45, 7) is 34.7. The molecule has 0 spiro atoms. The summed E-state index contributed by atoms with van der Waals surface area (Å²) in [5, 5.41) is 0. The molecule has 4 fully saturated rings. The van der Waals surface area contributed by atoms with Crippen molar-refractivity contribution in [3.05, 3.63) is 0 Å². The molecule has 0 nitrogen and oxygen atoms in total. The molecule has 0 heterocycles. The van der Waals surface area contributed by atoms with Gasteiger partial charge in [-0.05, 0) is 73.0 Å². The molecule has 0 heteroatoms. The SMILES string of the molecule is C.CC.CC.CC.CC.CC1(C)CC1.CC1(C)CCC1.CC1(C)CCCC1.CC1(C)CCCCC1. The van der Waals surface area contributed by atoms with Crippen molar-refractivity contribution in [2.75, 3.05) is 0 Å². The lowest BCUT2D eigenvalue weighted by Gasteiger charge is -2.33. The van der Waals surface area contributed by atoms with Crippen LogP contribution in [0, 0.1) is 21.7 Å². The second-order valence-corrected chi connectivity index (χ2v) is 12.8. The predicted octanol–water partition coefficient (Wildman–Crippen LogP) is 14.3. The van der Waals surface area contributed by atoms with Gasteiger partial charge in [-0.15, -0.1) is 0 Å². The van der Waals surface area contributed by atoms with Crippen LogP contribution in [0.4, 0.5) is 0 Å². The Labute approximate surface area is 229 Å². The van der Waals surface area contributed by atoms with Crippen molar-refractivity contribution in [3.63, 3.8) is 0 Å². The van der Waals surface area contributed by atoms with E-state index in [1.54, 1.807) is 0 Å². The van der Waals surface area contributed by atoms with Crippen LogP contribution in [-0.2, 0) is 0 Å². The van der Waals surface area contributed by atoms with Crippen molar-refractivity contribution in [2.24, 2.45) is 21.7 Å². The van der Waals surface area contributed by atoms with Gasteiger partial charge in [0.2, 0.25) is 0 Å². The Morgan fingerprint density at radius 2 is 0.400 bits per heavy atom. The monoisotopic (exact) mass is 501 g/mol. The minimum absolute atomic E-state index is 0. The molecule has 4 saturated carbocycles. The topological polar surface area (TPSA) is 0 Å². The van der Waals surface area contributed by atoms with Crippen LogP contribution in [0.15, 0.2) is 0 Å². The van der Waals surface area contributed by atoms with Gasteiger partial charge >= 0.3 is 0 Å². The highest BCUT2D eigenvalue weighted by molar-refractivity contribution is 4.82. The maximum absolute atomic E-state index is 2.38. The molecule has 0 aromatic rings. The first-order chi connectivity index (χ1) is 15.8. The molecule has 0 N–H and O–H groups in total. The Morgan fingerprint density at radius 3 is 0.457 bits per heavy atom. The molecule has 35 heavy (non-hydrogen) atoms. The van der Waals surface area contributed by atoms with Gasteiger partial charge in [0.15, 0.2) is 0 Å². The Bertz CT molecular complexity index is 355.